The molecule has 148 valence electrons. The molecule has 0 unspecified atom stereocenters. The monoisotopic (exact) mass is 400 g/mol. The molecule has 0 fully saturated rings. The standard InChI is InChI=1S/C21H24N2O4S/c1-13-9-14(2)20(15(3)10-13)28(25,26)23-19(21(24)27-4)11-16-12-22-18-8-6-5-7-17(16)18/h5-10,12,19,22-23H,11H2,1-4H3/t19-/m1/s1. The molecule has 0 aliphatic carbocycles. The maximum atomic E-state index is 13.1. The second-order valence-electron chi connectivity index (χ2n) is 6.99. The lowest BCUT2D eigenvalue weighted by Crippen LogP contribution is -2.43. The fourth-order valence-corrected chi connectivity index (χ4v) is 5.31. The molecule has 3 rings (SSSR count). The van der Waals surface area contributed by atoms with E-state index in [-0.39, 0.29) is 11.3 Å². The molecule has 3 aromatic rings. The second-order valence-corrected chi connectivity index (χ2v) is 8.64. The van der Waals surface area contributed by atoms with E-state index in [4.69, 9.17) is 4.74 Å². The molecule has 1 aromatic heterocycles. The number of hydrogen-bond donors (Lipinski definition) is 2. The van der Waals surface area contributed by atoms with Crippen molar-refractivity contribution in [3.05, 3.63) is 64.8 Å². The normalized spacial score (nSPS) is 12.9. The van der Waals surface area contributed by atoms with E-state index in [1.54, 1.807) is 20.0 Å². The van der Waals surface area contributed by atoms with Gasteiger partial charge in [0.25, 0.3) is 0 Å². The molecule has 0 aliphatic heterocycles. The van der Waals surface area contributed by atoms with Gasteiger partial charge in [0.15, 0.2) is 0 Å². The third-order valence-corrected chi connectivity index (χ3v) is 6.53. The van der Waals surface area contributed by atoms with Crippen molar-refractivity contribution in [1.29, 1.82) is 0 Å². The SMILES string of the molecule is COC(=O)[C@@H](Cc1c[nH]c2ccccc12)NS(=O)(=O)c1c(C)cc(C)cc1C. The van der Waals surface area contributed by atoms with Crippen LogP contribution >= 0.6 is 0 Å². The first-order valence-electron chi connectivity index (χ1n) is 8.96. The lowest BCUT2D eigenvalue weighted by molar-refractivity contribution is -0.142. The second kappa shape index (κ2) is 7.77. The largest absolute Gasteiger partial charge is 0.468 e. The van der Waals surface area contributed by atoms with Crippen molar-refractivity contribution >= 4 is 26.9 Å². The molecule has 28 heavy (non-hydrogen) atoms. The van der Waals surface area contributed by atoms with Crippen LogP contribution in [0.3, 0.4) is 0 Å². The molecule has 0 bridgehead atoms. The fourth-order valence-electron chi connectivity index (χ4n) is 3.67. The van der Waals surface area contributed by atoms with Crippen LogP contribution in [0.25, 0.3) is 10.9 Å². The van der Waals surface area contributed by atoms with Crippen molar-refractivity contribution in [2.45, 2.75) is 38.1 Å². The summed E-state index contributed by atoms with van der Waals surface area (Å²) < 4.78 is 33.6. The predicted molar refractivity (Wildman–Crippen MR) is 109 cm³/mol. The highest BCUT2D eigenvalue weighted by Gasteiger charge is 2.29. The Morgan fingerprint density at radius 3 is 2.43 bits per heavy atom. The van der Waals surface area contributed by atoms with Crippen LogP contribution < -0.4 is 4.72 Å². The van der Waals surface area contributed by atoms with Crippen LogP contribution in [0.1, 0.15) is 22.3 Å². The van der Waals surface area contributed by atoms with E-state index < -0.39 is 22.0 Å². The number of aromatic nitrogens is 1. The number of methoxy groups -OCH3 is 1. The lowest BCUT2D eigenvalue weighted by Gasteiger charge is -2.19. The summed E-state index contributed by atoms with van der Waals surface area (Å²) in [6, 6.07) is 10.3. The summed E-state index contributed by atoms with van der Waals surface area (Å²) in [6.45, 7) is 5.42. The van der Waals surface area contributed by atoms with E-state index in [0.29, 0.717) is 11.1 Å². The third-order valence-electron chi connectivity index (χ3n) is 4.76. The number of fused-ring (bicyclic) bond motifs is 1. The molecule has 6 nitrogen and oxygen atoms in total. The molecule has 7 heteroatoms. The van der Waals surface area contributed by atoms with E-state index >= 15 is 0 Å². The summed E-state index contributed by atoms with van der Waals surface area (Å²) >= 11 is 0. The Hall–Kier alpha value is -2.64. The van der Waals surface area contributed by atoms with Gasteiger partial charge in [0.2, 0.25) is 10.0 Å². The maximum absolute atomic E-state index is 13.1. The number of hydrogen-bond acceptors (Lipinski definition) is 4. The number of esters is 1. The molecular formula is C21H24N2O4S. The molecule has 0 radical (unpaired) electrons. The average molecular weight is 401 g/mol. The van der Waals surface area contributed by atoms with Crippen LogP contribution in [0.15, 0.2) is 47.5 Å². The van der Waals surface area contributed by atoms with Gasteiger partial charge in [-0.05, 0) is 43.5 Å². The quantitative estimate of drug-likeness (QED) is 0.622. The van der Waals surface area contributed by atoms with Gasteiger partial charge in [0.05, 0.1) is 12.0 Å². The van der Waals surface area contributed by atoms with E-state index in [9.17, 15) is 13.2 Å². The molecular weight excluding hydrogens is 376 g/mol. The van der Waals surface area contributed by atoms with Crippen molar-refractivity contribution in [1.82, 2.24) is 9.71 Å². The Kier molecular flexibility index (Phi) is 5.58. The maximum Gasteiger partial charge on any atom is 0.324 e. The van der Waals surface area contributed by atoms with E-state index in [0.717, 1.165) is 22.0 Å². The molecule has 0 amide bonds. The molecule has 0 saturated heterocycles. The molecule has 1 atom stereocenters. The van der Waals surface area contributed by atoms with Gasteiger partial charge in [-0.25, -0.2) is 8.42 Å². The minimum atomic E-state index is -3.91. The highest BCUT2D eigenvalue weighted by atomic mass is 32.2. The Bertz CT molecular complexity index is 1110. The van der Waals surface area contributed by atoms with Crippen molar-refractivity contribution in [2.24, 2.45) is 0 Å². The Morgan fingerprint density at radius 1 is 1.14 bits per heavy atom. The zero-order chi connectivity index (χ0) is 20.5. The van der Waals surface area contributed by atoms with E-state index in [1.165, 1.54) is 7.11 Å². The summed E-state index contributed by atoms with van der Waals surface area (Å²) in [5.41, 5.74) is 4.03. The molecule has 2 aromatic carbocycles. The summed E-state index contributed by atoms with van der Waals surface area (Å²) in [5, 5.41) is 0.943. The number of aryl methyl sites for hydroxylation is 3. The number of rotatable bonds is 6. The van der Waals surface area contributed by atoms with Crippen molar-refractivity contribution < 1.29 is 17.9 Å². The zero-order valence-electron chi connectivity index (χ0n) is 16.4. The highest BCUT2D eigenvalue weighted by Crippen LogP contribution is 2.24. The van der Waals surface area contributed by atoms with Crippen LogP contribution in [0.4, 0.5) is 0 Å². The Balaban J connectivity index is 1.96. The number of carbonyl (C=O) groups excluding carboxylic acids is 1. The van der Waals surface area contributed by atoms with Crippen molar-refractivity contribution in [2.75, 3.05) is 7.11 Å². The van der Waals surface area contributed by atoms with Crippen molar-refractivity contribution in [3.63, 3.8) is 0 Å². The smallest absolute Gasteiger partial charge is 0.324 e. The number of ether oxygens (including phenoxy) is 1. The van der Waals surface area contributed by atoms with Gasteiger partial charge < -0.3 is 9.72 Å². The highest BCUT2D eigenvalue weighted by molar-refractivity contribution is 7.89. The zero-order valence-corrected chi connectivity index (χ0v) is 17.2. The first kappa shape index (κ1) is 20.1. The number of aromatic amines is 1. The molecule has 1 heterocycles. The van der Waals surface area contributed by atoms with Crippen LogP contribution in [0, 0.1) is 20.8 Å². The number of nitrogens with one attached hydrogen (secondary N) is 2. The number of benzene rings is 2. The van der Waals surface area contributed by atoms with E-state index in [1.807, 2.05) is 43.3 Å². The summed E-state index contributed by atoms with van der Waals surface area (Å²) in [6.07, 6.45) is 1.97. The van der Waals surface area contributed by atoms with Gasteiger partial charge in [0.1, 0.15) is 6.04 Å². The summed E-state index contributed by atoms with van der Waals surface area (Å²) in [4.78, 5) is 15.7. The van der Waals surface area contributed by atoms with Crippen LogP contribution in [0.2, 0.25) is 0 Å². The van der Waals surface area contributed by atoms with Gasteiger partial charge in [-0.2, -0.15) is 4.72 Å². The Labute approximate surface area is 165 Å². The number of para-hydroxylation sites is 1. The minimum Gasteiger partial charge on any atom is -0.468 e. The molecule has 0 spiro atoms. The molecule has 0 saturated carbocycles. The number of sulfonamides is 1. The number of carbonyl (C=O) groups is 1. The van der Waals surface area contributed by atoms with Gasteiger partial charge in [0, 0.05) is 23.5 Å². The Morgan fingerprint density at radius 2 is 1.79 bits per heavy atom. The average Bonchev–Trinajstić information content (AvgIpc) is 3.02. The summed E-state index contributed by atoms with van der Waals surface area (Å²) in [5.74, 6) is -0.628. The fraction of sp³-hybridized carbons (Fsp3) is 0.286. The first-order valence-corrected chi connectivity index (χ1v) is 10.4. The number of H-pyrrole nitrogens is 1. The van der Waals surface area contributed by atoms with Crippen LogP contribution in [0.5, 0.6) is 0 Å². The lowest BCUT2D eigenvalue weighted by atomic mass is 10.1. The molecule has 0 aliphatic rings. The van der Waals surface area contributed by atoms with E-state index in [2.05, 4.69) is 9.71 Å². The van der Waals surface area contributed by atoms with Crippen molar-refractivity contribution in [3.8, 4) is 0 Å². The van der Waals surface area contributed by atoms with Crippen LogP contribution in [-0.4, -0.2) is 32.5 Å². The van der Waals surface area contributed by atoms with Crippen LogP contribution in [-0.2, 0) is 26.0 Å². The first-order chi connectivity index (χ1) is 13.2. The van der Waals surface area contributed by atoms with Gasteiger partial charge in [-0.1, -0.05) is 35.9 Å². The third kappa shape index (κ3) is 3.95. The predicted octanol–water partition coefficient (Wildman–Crippen LogP) is 3.16. The minimum absolute atomic E-state index is 0.180. The van der Waals surface area contributed by atoms with Gasteiger partial charge in [-0.15, -0.1) is 0 Å². The van der Waals surface area contributed by atoms with Gasteiger partial charge in [-0.3, -0.25) is 4.79 Å². The van der Waals surface area contributed by atoms with Gasteiger partial charge >= 0.3 is 5.97 Å². The summed E-state index contributed by atoms with van der Waals surface area (Å²) in [7, 11) is -2.66. The molecule has 2 N–H and O–H groups in total. The topological polar surface area (TPSA) is 88.3 Å².